The summed E-state index contributed by atoms with van der Waals surface area (Å²) in [6, 6.07) is 0. The maximum absolute atomic E-state index is 11.2. The number of rotatable bonds is 10. The molecule has 0 aromatic carbocycles. The third kappa shape index (κ3) is 13.6. The molecule has 5 nitrogen and oxygen atoms in total. The Balaban J connectivity index is 0. The van der Waals surface area contributed by atoms with E-state index in [-0.39, 0.29) is 18.3 Å². The fourth-order valence-electron chi connectivity index (χ4n) is 1.05. The normalized spacial score (nSPS) is 9.62. The predicted molar refractivity (Wildman–Crippen MR) is 66.1 cm³/mol. The first-order chi connectivity index (χ1) is 7.31. The highest BCUT2D eigenvalue weighted by Gasteiger charge is 1.98. The molecule has 6 heteroatoms. The summed E-state index contributed by atoms with van der Waals surface area (Å²) in [6.07, 6.45) is 1.31. The van der Waals surface area contributed by atoms with Crippen LogP contribution in [-0.2, 0) is 14.3 Å². The Morgan fingerprint density at radius 2 is 1.75 bits per heavy atom. The average Bonchev–Trinajstić information content (AvgIpc) is 2.23. The molecule has 2 N–H and O–H groups in total. The van der Waals surface area contributed by atoms with Crippen LogP contribution in [-0.4, -0.2) is 53.0 Å². The molecule has 0 fully saturated rings. The highest BCUT2D eigenvalue weighted by molar-refractivity contribution is 5.85. The number of amides is 1. The topological polar surface area (TPSA) is 59.6 Å². The van der Waals surface area contributed by atoms with E-state index in [1.54, 1.807) is 14.2 Å². The van der Waals surface area contributed by atoms with Gasteiger partial charge in [-0.1, -0.05) is 0 Å². The van der Waals surface area contributed by atoms with Crippen molar-refractivity contribution in [3.63, 3.8) is 0 Å². The van der Waals surface area contributed by atoms with Gasteiger partial charge in [-0.05, 0) is 6.42 Å². The van der Waals surface area contributed by atoms with Crippen molar-refractivity contribution in [2.45, 2.75) is 12.8 Å². The molecule has 0 aromatic rings. The van der Waals surface area contributed by atoms with E-state index in [1.165, 1.54) is 0 Å². The monoisotopic (exact) mass is 254 g/mol. The van der Waals surface area contributed by atoms with Crippen molar-refractivity contribution >= 4 is 18.3 Å². The third-order valence-electron chi connectivity index (χ3n) is 1.86. The Kier molecular flexibility index (Phi) is 16.5. The van der Waals surface area contributed by atoms with Gasteiger partial charge in [0.05, 0.1) is 6.61 Å². The van der Waals surface area contributed by atoms with Crippen LogP contribution in [0, 0.1) is 0 Å². The quantitative estimate of drug-likeness (QED) is 0.547. The minimum Gasteiger partial charge on any atom is -0.385 e. The van der Waals surface area contributed by atoms with Gasteiger partial charge < -0.3 is 20.1 Å². The van der Waals surface area contributed by atoms with Crippen LogP contribution in [0.2, 0.25) is 0 Å². The van der Waals surface area contributed by atoms with Crippen molar-refractivity contribution in [1.82, 2.24) is 10.6 Å². The third-order valence-corrected chi connectivity index (χ3v) is 1.86. The zero-order valence-corrected chi connectivity index (χ0v) is 10.9. The Morgan fingerprint density at radius 1 is 1.06 bits per heavy atom. The molecule has 0 saturated heterocycles. The summed E-state index contributed by atoms with van der Waals surface area (Å²) in [7, 11) is 3.30. The lowest BCUT2D eigenvalue weighted by Gasteiger charge is -2.06. The first kappa shape index (κ1) is 18.0. The number of hydrogen-bond acceptors (Lipinski definition) is 4. The fraction of sp³-hybridized carbons (Fsp3) is 0.900. The Labute approximate surface area is 104 Å². The molecule has 0 radical (unpaired) electrons. The minimum absolute atomic E-state index is 0. The van der Waals surface area contributed by atoms with Crippen LogP contribution in [0.25, 0.3) is 0 Å². The summed E-state index contributed by atoms with van der Waals surface area (Å²) >= 11 is 0. The van der Waals surface area contributed by atoms with Crippen LogP contribution < -0.4 is 10.6 Å². The number of carbonyl (C=O) groups excluding carboxylic acids is 1. The molecule has 0 spiro atoms. The second-order valence-electron chi connectivity index (χ2n) is 3.19. The molecule has 0 unspecified atom stereocenters. The second kappa shape index (κ2) is 14.6. The van der Waals surface area contributed by atoms with Gasteiger partial charge in [0.1, 0.15) is 0 Å². The summed E-state index contributed by atoms with van der Waals surface area (Å²) < 4.78 is 9.73. The van der Waals surface area contributed by atoms with E-state index in [4.69, 9.17) is 9.47 Å². The summed E-state index contributed by atoms with van der Waals surface area (Å²) in [5.74, 6) is 0.0839. The first-order valence-corrected chi connectivity index (χ1v) is 5.26. The molecule has 0 aromatic heterocycles. The van der Waals surface area contributed by atoms with Gasteiger partial charge in [-0.25, -0.2) is 0 Å². The highest BCUT2D eigenvalue weighted by atomic mass is 35.5. The number of nitrogens with one attached hydrogen (secondary N) is 2. The predicted octanol–water partition coefficient (Wildman–Crippen LogP) is 0.187. The van der Waals surface area contributed by atoms with Crippen LogP contribution in [0.5, 0.6) is 0 Å². The van der Waals surface area contributed by atoms with E-state index in [0.29, 0.717) is 26.2 Å². The van der Waals surface area contributed by atoms with Crippen molar-refractivity contribution in [3.05, 3.63) is 0 Å². The van der Waals surface area contributed by atoms with Gasteiger partial charge in [0.2, 0.25) is 5.91 Å². The van der Waals surface area contributed by atoms with E-state index in [9.17, 15) is 4.79 Å². The van der Waals surface area contributed by atoms with Gasteiger partial charge in [-0.2, -0.15) is 0 Å². The van der Waals surface area contributed by atoms with Crippen LogP contribution in [0.15, 0.2) is 0 Å². The maximum Gasteiger partial charge on any atom is 0.220 e. The zero-order valence-electron chi connectivity index (χ0n) is 10.1. The molecule has 0 saturated carbocycles. The smallest absolute Gasteiger partial charge is 0.220 e. The van der Waals surface area contributed by atoms with Gasteiger partial charge in [0.15, 0.2) is 0 Å². The van der Waals surface area contributed by atoms with Crippen LogP contribution in [0.3, 0.4) is 0 Å². The molecular formula is C10H23ClN2O3. The van der Waals surface area contributed by atoms with Gasteiger partial charge in [0, 0.05) is 46.9 Å². The van der Waals surface area contributed by atoms with Crippen molar-refractivity contribution < 1.29 is 14.3 Å². The van der Waals surface area contributed by atoms with E-state index in [1.807, 2.05) is 0 Å². The second-order valence-corrected chi connectivity index (χ2v) is 3.19. The number of methoxy groups -OCH3 is 2. The van der Waals surface area contributed by atoms with E-state index in [0.717, 1.165) is 19.5 Å². The maximum atomic E-state index is 11.2. The van der Waals surface area contributed by atoms with E-state index >= 15 is 0 Å². The lowest BCUT2D eigenvalue weighted by Crippen LogP contribution is -2.33. The number of hydrogen-bond donors (Lipinski definition) is 2. The van der Waals surface area contributed by atoms with E-state index in [2.05, 4.69) is 10.6 Å². The summed E-state index contributed by atoms with van der Waals surface area (Å²) in [4.78, 5) is 11.2. The minimum atomic E-state index is 0. The fourth-order valence-corrected chi connectivity index (χ4v) is 1.05. The van der Waals surface area contributed by atoms with Crippen LogP contribution >= 0.6 is 12.4 Å². The molecule has 98 valence electrons. The van der Waals surface area contributed by atoms with Crippen molar-refractivity contribution in [3.8, 4) is 0 Å². The highest BCUT2D eigenvalue weighted by Crippen LogP contribution is 1.88. The average molecular weight is 255 g/mol. The number of halogens is 1. The molecule has 16 heavy (non-hydrogen) atoms. The molecule has 0 aliphatic carbocycles. The first-order valence-electron chi connectivity index (χ1n) is 5.26. The van der Waals surface area contributed by atoms with Crippen LogP contribution in [0.4, 0.5) is 0 Å². The van der Waals surface area contributed by atoms with Crippen molar-refractivity contribution in [2.75, 3.05) is 47.1 Å². The molecule has 0 heterocycles. The van der Waals surface area contributed by atoms with Gasteiger partial charge in [0.25, 0.3) is 0 Å². The zero-order chi connectivity index (χ0) is 11.4. The lowest BCUT2D eigenvalue weighted by atomic mass is 10.3. The Bertz CT molecular complexity index is 159. The van der Waals surface area contributed by atoms with Gasteiger partial charge in [-0.3, -0.25) is 4.79 Å². The summed E-state index contributed by atoms with van der Waals surface area (Å²) in [6.45, 7) is 3.59. The summed E-state index contributed by atoms with van der Waals surface area (Å²) in [5, 5.41) is 5.97. The van der Waals surface area contributed by atoms with Crippen molar-refractivity contribution in [1.29, 1.82) is 0 Å². The Hall–Kier alpha value is -0.360. The lowest BCUT2D eigenvalue weighted by molar-refractivity contribution is -0.121. The number of ether oxygens (including phenoxy) is 2. The Morgan fingerprint density at radius 3 is 2.38 bits per heavy atom. The molecular weight excluding hydrogens is 232 g/mol. The molecule has 0 rings (SSSR count). The molecule has 0 aliphatic heterocycles. The summed E-state index contributed by atoms with van der Waals surface area (Å²) in [5.41, 5.74) is 0. The standard InChI is InChI=1S/C10H22N2O3.ClH/c1-14-8-3-4-10(13)12-6-5-11-7-9-15-2;/h11H,3-9H2,1-2H3,(H,12,13);1H. The molecule has 0 atom stereocenters. The van der Waals surface area contributed by atoms with Crippen molar-refractivity contribution in [2.24, 2.45) is 0 Å². The largest absolute Gasteiger partial charge is 0.385 e. The molecule has 0 aliphatic rings. The van der Waals surface area contributed by atoms with Gasteiger partial charge in [-0.15, -0.1) is 12.4 Å². The molecule has 0 bridgehead atoms. The van der Waals surface area contributed by atoms with Gasteiger partial charge >= 0.3 is 0 Å². The van der Waals surface area contributed by atoms with E-state index < -0.39 is 0 Å². The van der Waals surface area contributed by atoms with Crippen LogP contribution in [0.1, 0.15) is 12.8 Å². The number of carbonyl (C=O) groups is 1. The molecule has 1 amide bonds. The SMILES string of the molecule is COCCCC(=O)NCCNCCOC.Cl.